The number of nitrogens with two attached hydrogens (primary N) is 1. The van der Waals surface area contributed by atoms with Gasteiger partial charge in [0.1, 0.15) is 5.60 Å². The smallest absolute Gasteiger partial charge is 0.410 e. The number of hydrogen-bond donors (Lipinski definition) is 1. The van der Waals surface area contributed by atoms with Crippen LogP contribution in [0.25, 0.3) is 0 Å². The lowest BCUT2D eigenvalue weighted by Crippen LogP contribution is -2.50. The fourth-order valence-electron chi connectivity index (χ4n) is 2.48. The lowest BCUT2D eigenvalue weighted by molar-refractivity contribution is 0.0240. The number of nitrogens with zero attached hydrogens (tertiary/aromatic N) is 2. The van der Waals surface area contributed by atoms with Crippen LogP contribution in [0.15, 0.2) is 22.7 Å². The summed E-state index contributed by atoms with van der Waals surface area (Å²) in [6, 6.07) is 6.15. The van der Waals surface area contributed by atoms with Crippen molar-refractivity contribution < 1.29 is 9.53 Å². The number of piperazine rings is 1. The number of hydrogen-bond acceptors (Lipinski definition) is 4. The molecule has 1 heterocycles. The van der Waals surface area contributed by atoms with Crippen molar-refractivity contribution in [3.8, 4) is 0 Å². The molecular weight excluding hydrogens is 346 g/mol. The average molecular weight is 370 g/mol. The Labute approximate surface area is 140 Å². The molecule has 122 valence electrons. The van der Waals surface area contributed by atoms with Crippen molar-refractivity contribution in [3.05, 3.63) is 28.2 Å². The third-order valence-corrected chi connectivity index (χ3v) is 4.03. The molecule has 5 nitrogen and oxygen atoms in total. The van der Waals surface area contributed by atoms with E-state index in [1.165, 1.54) is 0 Å². The van der Waals surface area contributed by atoms with Gasteiger partial charge in [0.05, 0.1) is 0 Å². The maximum atomic E-state index is 12.1. The van der Waals surface area contributed by atoms with E-state index in [1.54, 1.807) is 4.90 Å². The molecule has 6 heteroatoms. The molecule has 1 aromatic carbocycles. The first-order valence-corrected chi connectivity index (χ1v) is 8.31. The SMILES string of the molecule is CC(C)(C)OC(=O)N1CCN(c2ccc(Br)cc2CN)CC1. The van der Waals surface area contributed by atoms with Gasteiger partial charge in [-0.2, -0.15) is 0 Å². The molecule has 2 N–H and O–H groups in total. The molecule has 1 saturated heterocycles. The van der Waals surface area contributed by atoms with E-state index in [2.05, 4.69) is 33.0 Å². The molecule has 0 bridgehead atoms. The highest BCUT2D eigenvalue weighted by Crippen LogP contribution is 2.25. The summed E-state index contributed by atoms with van der Waals surface area (Å²) in [4.78, 5) is 16.1. The topological polar surface area (TPSA) is 58.8 Å². The van der Waals surface area contributed by atoms with Crippen molar-refractivity contribution in [3.63, 3.8) is 0 Å². The minimum Gasteiger partial charge on any atom is -0.444 e. The number of halogens is 1. The predicted molar refractivity (Wildman–Crippen MR) is 92.1 cm³/mol. The number of carbonyl (C=O) groups excluding carboxylic acids is 1. The molecule has 1 aromatic rings. The highest BCUT2D eigenvalue weighted by Gasteiger charge is 2.26. The fourth-order valence-corrected chi connectivity index (χ4v) is 2.89. The lowest BCUT2D eigenvalue weighted by Gasteiger charge is -2.37. The van der Waals surface area contributed by atoms with E-state index in [0.29, 0.717) is 19.6 Å². The molecule has 0 aliphatic carbocycles. The van der Waals surface area contributed by atoms with Crippen molar-refractivity contribution in [1.82, 2.24) is 4.90 Å². The van der Waals surface area contributed by atoms with Crippen LogP contribution in [0.4, 0.5) is 10.5 Å². The van der Waals surface area contributed by atoms with Gasteiger partial charge in [-0.05, 0) is 44.5 Å². The Morgan fingerprint density at radius 1 is 1.27 bits per heavy atom. The van der Waals surface area contributed by atoms with Gasteiger partial charge in [0.15, 0.2) is 0 Å². The monoisotopic (exact) mass is 369 g/mol. The first kappa shape index (κ1) is 17.1. The molecule has 22 heavy (non-hydrogen) atoms. The second-order valence-electron chi connectivity index (χ2n) is 6.43. The molecule has 1 aliphatic rings. The summed E-state index contributed by atoms with van der Waals surface area (Å²) in [5.74, 6) is 0. The maximum Gasteiger partial charge on any atom is 0.410 e. The van der Waals surface area contributed by atoms with Crippen LogP contribution in [0.2, 0.25) is 0 Å². The van der Waals surface area contributed by atoms with E-state index in [0.717, 1.165) is 28.8 Å². The molecule has 0 saturated carbocycles. The Bertz CT molecular complexity index is 535. The summed E-state index contributed by atoms with van der Waals surface area (Å²) >= 11 is 3.47. The van der Waals surface area contributed by atoms with E-state index in [1.807, 2.05) is 26.8 Å². The van der Waals surface area contributed by atoms with Gasteiger partial charge in [0.25, 0.3) is 0 Å². The van der Waals surface area contributed by atoms with Gasteiger partial charge < -0.3 is 20.3 Å². The molecular formula is C16H24BrN3O2. The molecule has 1 aliphatic heterocycles. The zero-order valence-corrected chi connectivity index (χ0v) is 15.0. The second kappa shape index (κ2) is 6.87. The van der Waals surface area contributed by atoms with Gasteiger partial charge in [0, 0.05) is 42.9 Å². The number of anilines is 1. The van der Waals surface area contributed by atoms with Crippen molar-refractivity contribution in [2.45, 2.75) is 32.9 Å². The molecule has 2 rings (SSSR count). The molecule has 1 amide bonds. The molecule has 1 fully saturated rings. The van der Waals surface area contributed by atoms with Crippen LogP contribution >= 0.6 is 15.9 Å². The summed E-state index contributed by atoms with van der Waals surface area (Å²) < 4.78 is 6.45. The van der Waals surface area contributed by atoms with Crippen molar-refractivity contribution in [2.24, 2.45) is 5.73 Å². The van der Waals surface area contributed by atoms with Crippen LogP contribution in [0.1, 0.15) is 26.3 Å². The fraction of sp³-hybridized carbons (Fsp3) is 0.562. The normalized spacial score (nSPS) is 15.9. The minimum atomic E-state index is -0.452. The minimum absolute atomic E-state index is 0.234. The standard InChI is InChI=1S/C16H24BrN3O2/c1-16(2,3)22-15(21)20-8-6-19(7-9-20)14-5-4-13(17)10-12(14)11-18/h4-5,10H,6-9,11,18H2,1-3H3. The van der Waals surface area contributed by atoms with E-state index >= 15 is 0 Å². The van der Waals surface area contributed by atoms with E-state index in [9.17, 15) is 4.79 Å². The highest BCUT2D eigenvalue weighted by atomic mass is 79.9. The number of rotatable bonds is 2. The maximum absolute atomic E-state index is 12.1. The van der Waals surface area contributed by atoms with Crippen molar-refractivity contribution in [1.29, 1.82) is 0 Å². The largest absolute Gasteiger partial charge is 0.444 e. The first-order valence-electron chi connectivity index (χ1n) is 7.51. The van der Waals surface area contributed by atoms with Crippen molar-refractivity contribution in [2.75, 3.05) is 31.1 Å². The van der Waals surface area contributed by atoms with E-state index < -0.39 is 5.60 Å². The van der Waals surface area contributed by atoms with Gasteiger partial charge in [-0.3, -0.25) is 0 Å². The number of ether oxygens (including phenoxy) is 1. The Balaban J connectivity index is 1.99. The van der Waals surface area contributed by atoms with Crippen LogP contribution in [0.3, 0.4) is 0 Å². The van der Waals surface area contributed by atoms with Gasteiger partial charge in [0.2, 0.25) is 0 Å². The van der Waals surface area contributed by atoms with E-state index in [-0.39, 0.29) is 6.09 Å². The second-order valence-corrected chi connectivity index (χ2v) is 7.35. The molecule has 0 atom stereocenters. The van der Waals surface area contributed by atoms with Crippen molar-refractivity contribution >= 4 is 27.7 Å². The summed E-state index contributed by atoms with van der Waals surface area (Å²) in [6.45, 7) is 9.05. The molecule has 0 aromatic heterocycles. The predicted octanol–water partition coefficient (Wildman–Crippen LogP) is 2.96. The Morgan fingerprint density at radius 2 is 1.91 bits per heavy atom. The Morgan fingerprint density at radius 3 is 2.45 bits per heavy atom. The number of carbonyl (C=O) groups is 1. The zero-order chi connectivity index (χ0) is 16.3. The Kier molecular flexibility index (Phi) is 5.34. The van der Waals surface area contributed by atoms with Crippen LogP contribution in [0.5, 0.6) is 0 Å². The van der Waals surface area contributed by atoms with Gasteiger partial charge in [-0.1, -0.05) is 15.9 Å². The summed E-state index contributed by atoms with van der Waals surface area (Å²) in [7, 11) is 0. The molecule has 0 unspecified atom stereocenters. The van der Waals surface area contributed by atoms with Gasteiger partial charge in [-0.25, -0.2) is 4.79 Å². The van der Waals surface area contributed by atoms with Gasteiger partial charge >= 0.3 is 6.09 Å². The Hall–Kier alpha value is -1.27. The van der Waals surface area contributed by atoms with Crippen LogP contribution in [-0.4, -0.2) is 42.8 Å². The number of amides is 1. The molecule has 0 spiro atoms. The summed E-state index contributed by atoms with van der Waals surface area (Å²) in [5, 5.41) is 0. The first-order chi connectivity index (χ1) is 10.3. The zero-order valence-electron chi connectivity index (χ0n) is 13.4. The summed E-state index contributed by atoms with van der Waals surface area (Å²) in [6.07, 6.45) is -0.234. The van der Waals surface area contributed by atoms with Crippen LogP contribution in [0, 0.1) is 0 Å². The highest BCUT2D eigenvalue weighted by molar-refractivity contribution is 9.10. The van der Waals surface area contributed by atoms with E-state index in [4.69, 9.17) is 10.5 Å². The third-order valence-electron chi connectivity index (χ3n) is 3.53. The quantitative estimate of drug-likeness (QED) is 0.870. The van der Waals surface area contributed by atoms with Gasteiger partial charge in [-0.15, -0.1) is 0 Å². The number of benzene rings is 1. The lowest BCUT2D eigenvalue weighted by atomic mass is 10.1. The average Bonchev–Trinajstić information content (AvgIpc) is 2.45. The third kappa shape index (κ3) is 4.36. The molecule has 0 radical (unpaired) electrons. The summed E-state index contributed by atoms with van der Waals surface area (Å²) in [5.41, 5.74) is 7.65. The van der Waals surface area contributed by atoms with Crippen LogP contribution < -0.4 is 10.6 Å². The van der Waals surface area contributed by atoms with Crippen LogP contribution in [-0.2, 0) is 11.3 Å².